The quantitative estimate of drug-likeness (QED) is 0.677. The number of amides is 2. The van der Waals surface area contributed by atoms with Crippen LogP contribution in [0.25, 0.3) is 10.8 Å². The summed E-state index contributed by atoms with van der Waals surface area (Å²) in [5.41, 5.74) is 1.78. The molecule has 7 heteroatoms. The number of benzene rings is 3. The SMILES string of the molecule is Cc1ccc(NC(=O)C2C(=O)N(C)S(=O)(=O)c3cc4ccccc4cc32)cc1. The number of carbonyl (C=O) groups excluding carboxylic acids is 2. The van der Waals surface area contributed by atoms with Gasteiger partial charge in [0.05, 0.1) is 4.90 Å². The smallest absolute Gasteiger partial charge is 0.266 e. The third kappa shape index (κ3) is 2.84. The van der Waals surface area contributed by atoms with Crippen LogP contribution in [0.1, 0.15) is 17.0 Å². The summed E-state index contributed by atoms with van der Waals surface area (Å²) in [6.45, 7) is 1.93. The molecular weight excluding hydrogens is 376 g/mol. The van der Waals surface area contributed by atoms with Crippen LogP contribution in [0.15, 0.2) is 65.6 Å². The first-order chi connectivity index (χ1) is 13.3. The van der Waals surface area contributed by atoms with Crippen LogP contribution >= 0.6 is 0 Å². The molecule has 3 aromatic rings. The van der Waals surface area contributed by atoms with Crippen LogP contribution in [0.4, 0.5) is 5.69 Å². The number of aryl methyl sites for hydroxylation is 1. The number of rotatable bonds is 2. The Hall–Kier alpha value is -3.19. The molecule has 0 saturated heterocycles. The van der Waals surface area contributed by atoms with Crippen molar-refractivity contribution in [3.8, 4) is 0 Å². The first-order valence-corrected chi connectivity index (χ1v) is 10.2. The van der Waals surface area contributed by atoms with Crippen molar-refractivity contribution in [3.05, 3.63) is 71.8 Å². The summed E-state index contributed by atoms with van der Waals surface area (Å²) < 4.78 is 26.2. The van der Waals surface area contributed by atoms with Crippen molar-refractivity contribution in [2.45, 2.75) is 17.7 Å². The molecule has 1 atom stereocenters. The summed E-state index contributed by atoms with van der Waals surface area (Å²) in [7, 11) is -2.82. The second kappa shape index (κ2) is 6.45. The Morgan fingerprint density at radius 2 is 1.61 bits per heavy atom. The number of nitrogens with zero attached hydrogens (tertiary/aromatic N) is 1. The van der Waals surface area contributed by atoms with Crippen molar-refractivity contribution in [2.24, 2.45) is 0 Å². The van der Waals surface area contributed by atoms with Gasteiger partial charge in [-0.15, -0.1) is 0 Å². The number of likely N-dealkylation sites (N-methyl/N-ethyl adjacent to an activating group) is 1. The lowest BCUT2D eigenvalue weighted by Gasteiger charge is -2.30. The second-order valence-corrected chi connectivity index (χ2v) is 8.77. The van der Waals surface area contributed by atoms with E-state index in [0.717, 1.165) is 16.3 Å². The summed E-state index contributed by atoms with van der Waals surface area (Å²) in [5, 5.41) is 4.22. The zero-order valence-corrected chi connectivity index (χ0v) is 16.2. The molecule has 28 heavy (non-hydrogen) atoms. The van der Waals surface area contributed by atoms with Crippen LogP contribution in [0.3, 0.4) is 0 Å². The van der Waals surface area contributed by atoms with Crippen molar-refractivity contribution < 1.29 is 18.0 Å². The molecule has 2 amide bonds. The minimum Gasteiger partial charge on any atom is -0.325 e. The fourth-order valence-electron chi connectivity index (χ4n) is 3.37. The summed E-state index contributed by atoms with van der Waals surface area (Å²) in [6.07, 6.45) is 0. The maximum absolute atomic E-state index is 13.0. The van der Waals surface area contributed by atoms with Gasteiger partial charge in [-0.05, 0) is 47.5 Å². The van der Waals surface area contributed by atoms with Gasteiger partial charge in [0.25, 0.3) is 15.9 Å². The predicted octanol–water partition coefficient (Wildman–Crippen LogP) is 3.03. The van der Waals surface area contributed by atoms with E-state index in [4.69, 9.17) is 0 Å². The highest BCUT2D eigenvalue weighted by molar-refractivity contribution is 7.89. The molecule has 6 nitrogen and oxygen atoms in total. The van der Waals surface area contributed by atoms with E-state index in [1.54, 1.807) is 30.3 Å². The average Bonchev–Trinajstić information content (AvgIpc) is 2.67. The fourth-order valence-corrected chi connectivity index (χ4v) is 4.76. The Morgan fingerprint density at radius 1 is 1.00 bits per heavy atom. The van der Waals surface area contributed by atoms with E-state index in [2.05, 4.69) is 5.32 Å². The van der Waals surface area contributed by atoms with Crippen molar-refractivity contribution in [3.63, 3.8) is 0 Å². The first kappa shape index (κ1) is 18.2. The minimum atomic E-state index is -4.00. The van der Waals surface area contributed by atoms with E-state index in [1.807, 2.05) is 31.2 Å². The van der Waals surface area contributed by atoms with Gasteiger partial charge in [-0.25, -0.2) is 12.7 Å². The van der Waals surface area contributed by atoms with Crippen LogP contribution in [0.2, 0.25) is 0 Å². The number of sulfonamides is 1. The first-order valence-electron chi connectivity index (χ1n) is 8.72. The van der Waals surface area contributed by atoms with Crippen molar-refractivity contribution in [2.75, 3.05) is 12.4 Å². The maximum atomic E-state index is 13.0. The number of hydrogen-bond acceptors (Lipinski definition) is 4. The predicted molar refractivity (Wildman–Crippen MR) is 106 cm³/mol. The molecule has 142 valence electrons. The zero-order valence-electron chi connectivity index (χ0n) is 15.3. The molecule has 1 aliphatic heterocycles. The van der Waals surface area contributed by atoms with Gasteiger partial charge in [-0.3, -0.25) is 9.59 Å². The summed E-state index contributed by atoms with van der Waals surface area (Å²) in [4.78, 5) is 25.8. The molecule has 0 radical (unpaired) electrons. The molecule has 0 aromatic heterocycles. The number of hydrogen-bond donors (Lipinski definition) is 1. The topological polar surface area (TPSA) is 83.6 Å². The highest BCUT2D eigenvalue weighted by atomic mass is 32.2. The van der Waals surface area contributed by atoms with E-state index < -0.39 is 27.8 Å². The van der Waals surface area contributed by atoms with Gasteiger partial charge in [0, 0.05) is 12.7 Å². The average molecular weight is 394 g/mol. The molecule has 1 aliphatic rings. The van der Waals surface area contributed by atoms with E-state index in [1.165, 1.54) is 13.1 Å². The molecule has 0 fully saturated rings. The third-order valence-electron chi connectivity index (χ3n) is 4.97. The fraction of sp³-hybridized carbons (Fsp3) is 0.143. The molecule has 3 aromatic carbocycles. The van der Waals surface area contributed by atoms with E-state index in [9.17, 15) is 18.0 Å². The van der Waals surface area contributed by atoms with Gasteiger partial charge in [0.2, 0.25) is 5.91 Å². The van der Waals surface area contributed by atoms with Crippen LogP contribution in [0.5, 0.6) is 0 Å². The molecule has 0 saturated carbocycles. The standard InChI is InChI=1S/C21H18N2O4S/c1-13-7-9-16(10-8-13)22-20(24)19-17-11-14-5-3-4-6-15(14)12-18(17)28(26,27)23(2)21(19)25/h3-12,19H,1-2H3,(H,22,24). The van der Waals surface area contributed by atoms with Crippen LogP contribution in [0, 0.1) is 6.92 Å². The Kier molecular flexibility index (Phi) is 4.19. The Bertz CT molecular complexity index is 1220. The Morgan fingerprint density at radius 3 is 2.25 bits per heavy atom. The van der Waals surface area contributed by atoms with Crippen LogP contribution in [-0.4, -0.2) is 31.6 Å². The number of anilines is 1. The van der Waals surface area contributed by atoms with Crippen molar-refractivity contribution in [1.29, 1.82) is 0 Å². The summed E-state index contributed by atoms with van der Waals surface area (Å²) >= 11 is 0. The second-order valence-electron chi connectivity index (χ2n) is 6.84. The lowest BCUT2D eigenvalue weighted by atomic mass is 9.94. The number of fused-ring (bicyclic) bond motifs is 2. The minimum absolute atomic E-state index is 0.0163. The lowest BCUT2D eigenvalue weighted by molar-refractivity contribution is -0.132. The molecule has 4 rings (SSSR count). The van der Waals surface area contributed by atoms with Gasteiger partial charge in [-0.2, -0.15) is 0 Å². The molecule has 0 bridgehead atoms. The molecule has 0 spiro atoms. The highest BCUT2D eigenvalue weighted by Gasteiger charge is 2.44. The third-order valence-corrected chi connectivity index (χ3v) is 6.78. The summed E-state index contributed by atoms with van der Waals surface area (Å²) in [6, 6.07) is 17.5. The molecule has 1 N–H and O–H groups in total. The monoisotopic (exact) mass is 394 g/mol. The van der Waals surface area contributed by atoms with E-state index in [0.29, 0.717) is 9.99 Å². The highest BCUT2D eigenvalue weighted by Crippen LogP contribution is 2.37. The van der Waals surface area contributed by atoms with E-state index in [-0.39, 0.29) is 10.5 Å². The van der Waals surface area contributed by atoms with E-state index >= 15 is 0 Å². The summed E-state index contributed by atoms with van der Waals surface area (Å²) in [5.74, 6) is -2.58. The van der Waals surface area contributed by atoms with Crippen molar-refractivity contribution in [1.82, 2.24) is 4.31 Å². The Balaban J connectivity index is 1.85. The molecule has 1 heterocycles. The van der Waals surface area contributed by atoms with Gasteiger partial charge < -0.3 is 5.32 Å². The van der Waals surface area contributed by atoms with Crippen molar-refractivity contribution >= 4 is 38.3 Å². The van der Waals surface area contributed by atoms with Crippen LogP contribution < -0.4 is 5.32 Å². The zero-order chi connectivity index (χ0) is 20.1. The number of nitrogens with one attached hydrogen (secondary N) is 1. The normalized spacial score (nSPS) is 18.0. The maximum Gasteiger partial charge on any atom is 0.266 e. The Labute approximate surface area is 162 Å². The molecule has 0 aliphatic carbocycles. The lowest BCUT2D eigenvalue weighted by Crippen LogP contribution is -2.45. The molecule has 1 unspecified atom stereocenters. The van der Waals surface area contributed by atoms with Gasteiger partial charge in [-0.1, -0.05) is 42.0 Å². The number of carbonyl (C=O) groups is 2. The van der Waals surface area contributed by atoms with Gasteiger partial charge in [0.1, 0.15) is 5.92 Å². The van der Waals surface area contributed by atoms with Gasteiger partial charge >= 0.3 is 0 Å². The van der Waals surface area contributed by atoms with Gasteiger partial charge in [0.15, 0.2) is 0 Å². The van der Waals surface area contributed by atoms with Crippen LogP contribution in [-0.2, 0) is 19.6 Å². The largest absolute Gasteiger partial charge is 0.325 e. The molecular formula is C21H18N2O4S.